The Morgan fingerprint density at radius 3 is 3.00 bits per heavy atom. The second-order valence-corrected chi connectivity index (χ2v) is 6.70. The Labute approximate surface area is 134 Å². The summed E-state index contributed by atoms with van der Waals surface area (Å²) >= 11 is 7.79. The first kappa shape index (κ1) is 14.9. The zero-order valence-corrected chi connectivity index (χ0v) is 13.5. The number of halogens is 1. The number of nitrogens with zero attached hydrogens (tertiary/aromatic N) is 3. The van der Waals surface area contributed by atoms with Crippen LogP contribution in [0.5, 0.6) is 0 Å². The maximum atomic E-state index is 6.14. The molecule has 1 aromatic carbocycles. The monoisotopic (exact) mass is 322 g/mol. The molecule has 2 N–H and O–H groups in total. The first-order chi connectivity index (χ1) is 10.3. The van der Waals surface area contributed by atoms with Gasteiger partial charge in [-0.05, 0) is 55.3 Å². The maximum absolute atomic E-state index is 6.14. The molecule has 0 fully saturated rings. The molecular weight excluding hydrogens is 304 g/mol. The average Bonchev–Trinajstić information content (AvgIpc) is 2.71. The Morgan fingerprint density at radius 2 is 2.14 bits per heavy atom. The fourth-order valence-corrected chi connectivity index (χ4v) is 3.93. The van der Waals surface area contributed by atoms with Crippen LogP contribution >= 0.6 is 23.4 Å². The molecule has 4 nitrogen and oxygen atoms in total. The molecule has 0 atom stereocenters. The highest BCUT2D eigenvalue weighted by atomic mass is 35.5. The van der Waals surface area contributed by atoms with Gasteiger partial charge in [0.2, 0.25) is 0 Å². The molecule has 6 heteroatoms. The number of benzene rings is 1. The largest absolute Gasteiger partial charge is 0.330 e. The van der Waals surface area contributed by atoms with E-state index in [0.29, 0.717) is 6.54 Å². The summed E-state index contributed by atoms with van der Waals surface area (Å²) in [4.78, 5) is 1.13. The smallest absolute Gasteiger partial charge is 0.196 e. The maximum Gasteiger partial charge on any atom is 0.196 e. The molecule has 0 saturated heterocycles. The minimum atomic E-state index is 0.632. The van der Waals surface area contributed by atoms with Crippen molar-refractivity contribution in [2.75, 3.05) is 6.54 Å². The lowest BCUT2D eigenvalue weighted by molar-refractivity contribution is 0.591. The van der Waals surface area contributed by atoms with Crippen molar-refractivity contribution < 1.29 is 0 Å². The van der Waals surface area contributed by atoms with Crippen molar-refractivity contribution in [2.24, 2.45) is 5.73 Å². The number of hydrogen-bond donors (Lipinski definition) is 1. The van der Waals surface area contributed by atoms with E-state index in [1.165, 1.54) is 24.8 Å². The Hall–Kier alpha value is -1.04. The molecule has 1 aromatic heterocycles. The van der Waals surface area contributed by atoms with Gasteiger partial charge < -0.3 is 10.3 Å². The lowest BCUT2D eigenvalue weighted by Gasteiger charge is -2.10. The zero-order chi connectivity index (χ0) is 14.7. The molecule has 0 saturated carbocycles. The predicted molar refractivity (Wildman–Crippen MR) is 85.9 cm³/mol. The van der Waals surface area contributed by atoms with Gasteiger partial charge in [0.05, 0.1) is 0 Å². The normalized spacial score (nSPS) is 14.8. The van der Waals surface area contributed by atoms with Gasteiger partial charge in [0.25, 0.3) is 0 Å². The van der Waals surface area contributed by atoms with E-state index in [2.05, 4.69) is 20.8 Å². The minimum absolute atomic E-state index is 0.632. The van der Waals surface area contributed by atoms with E-state index < -0.39 is 0 Å². The van der Waals surface area contributed by atoms with Crippen molar-refractivity contribution in [3.05, 3.63) is 34.6 Å². The number of hydrogen-bond acceptors (Lipinski definition) is 4. The second-order valence-electron chi connectivity index (χ2n) is 5.25. The summed E-state index contributed by atoms with van der Waals surface area (Å²) < 4.78 is 2.25. The summed E-state index contributed by atoms with van der Waals surface area (Å²) in [5, 5.41) is 10.4. The molecule has 3 rings (SSSR count). The van der Waals surface area contributed by atoms with E-state index in [0.717, 1.165) is 40.3 Å². The molecule has 2 aromatic rings. The number of aromatic nitrogens is 3. The van der Waals surface area contributed by atoms with E-state index in [4.69, 9.17) is 17.3 Å². The van der Waals surface area contributed by atoms with Crippen molar-refractivity contribution >= 4 is 23.4 Å². The van der Waals surface area contributed by atoms with Gasteiger partial charge in [0.15, 0.2) is 5.16 Å². The Balaban J connectivity index is 1.90. The molecule has 1 aliphatic rings. The molecule has 0 spiro atoms. The summed E-state index contributed by atoms with van der Waals surface area (Å²) in [5.74, 6) is 1.11. The van der Waals surface area contributed by atoms with Crippen LogP contribution in [0.1, 0.15) is 30.7 Å². The van der Waals surface area contributed by atoms with Gasteiger partial charge in [0.1, 0.15) is 5.82 Å². The van der Waals surface area contributed by atoms with E-state index in [1.54, 1.807) is 11.8 Å². The Kier molecular flexibility index (Phi) is 4.83. The van der Waals surface area contributed by atoms with E-state index in [1.807, 2.05) is 12.1 Å². The molecule has 0 unspecified atom stereocenters. The van der Waals surface area contributed by atoms with E-state index >= 15 is 0 Å². The first-order valence-corrected chi connectivity index (χ1v) is 8.56. The van der Waals surface area contributed by atoms with Crippen LogP contribution in [0.4, 0.5) is 0 Å². The highest BCUT2D eigenvalue weighted by Gasteiger charge is 2.16. The van der Waals surface area contributed by atoms with Crippen LogP contribution in [0.15, 0.2) is 28.3 Å². The SMILES string of the molecule is NCCc1ccc(Cl)cc1Sc1nnc2n1CCCCC2. The molecule has 2 heterocycles. The molecule has 112 valence electrons. The van der Waals surface area contributed by atoms with Gasteiger partial charge in [0, 0.05) is 22.9 Å². The number of aryl methyl sites for hydroxylation is 1. The van der Waals surface area contributed by atoms with Crippen LogP contribution in [0.2, 0.25) is 5.02 Å². The van der Waals surface area contributed by atoms with Gasteiger partial charge in [-0.3, -0.25) is 0 Å². The van der Waals surface area contributed by atoms with Gasteiger partial charge in [-0.1, -0.05) is 24.1 Å². The summed E-state index contributed by atoms with van der Waals surface area (Å²) in [7, 11) is 0. The lowest BCUT2D eigenvalue weighted by atomic mass is 10.1. The van der Waals surface area contributed by atoms with Crippen molar-refractivity contribution in [1.29, 1.82) is 0 Å². The molecule has 21 heavy (non-hydrogen) atoms. The number of fused-ring (bicyclic) bond motifs is 1. The van der Waals surface area contributed by atoms with Crippen LogP contribution < -0.4 is 5.73 Å². The zero-order valence-electron chi connectivity index (χ0n) is 11.9. The second kappa shape index (κ2) is 6.81. The van der Waals surface area contributed by atoms with Gasteiger partial charge in [-0.2, -0.15) is 0 Å². The predicted octanol–water partition coefficient (Wildman–Crippen LogP) is 3.31. The van der Waals surface area contributed by atoms with Crippen molar-refractivity contribution in [3.63, 3.8) is 0 Å². The molecule has 1 aliphatic heterocycles. The summed E-state index contributed by atoms with van der Waals surface area (Å²) in [5.41, 5.74) is 6.92. The molecular formula is C15H19ClN4S. The fourth-order valence-electron chi connectivity index (χ4n) is 2.62. The summed E-state index contributed by atoms with van der Waals surface area (Å²) in [6.45, 7) is 1.64. The minimum Gasteiger partial charge on any atom is -0.330 e. The molecule has 0 aliphatic carbocycles. The van der Waals surface area contributed by atoms with Crippen molar-refractivity contribution in [1.82, 2.24) is 14.8 Å². The van der Waals surface area contributed by atoms with Gasteiger partial charge in [-0.15, -0.1) is 10.2 Å². The highest BCUT2D eigenvalue weighted by Crippen LogP contribution is 2.33. The third-order valence-electron chi connectivity index (χ3n) is 3.72. The summed E-state index contributed by atoms with van der Waals surface area (Å²) in [6, 6.07) is 5.97. The fraction of sp³-hybridized carbons (Fsp3) is 0.467. The van der Waals surface area contributed by atoms with Crippen LogP contribution in [0, 0.1) is 0 Å². The number of rotatable bonds is 4. The van der Waals surface area contributed by atoms with Crippen molar-refractivity contribution in [2.45, 2.75) is 48.7 Å². The standard InChI is InChI=1S/C15H19ClN4S/c16-12-6-5-11(7-8-17)13(10-12)21-15-19-18-14-4-2-1-3-9-20(14)15/h5-6,10H,1-4,7-9,17H2. The van der Waals surface area contributed by atoms with Gasteiger partial charge >= 0.3 is 0 Å². The Bertz CT molecular complexity index is 626. The average molecular weight is 323 g/mol. The molecule has 0 amide bonds. The quantitative estimate of drug-likeness (QED) is 0.938. The van der Waals surface area contributed by atoms with Crippen molar-refractivity contribution in [3.8, 4) is 0 Å². The third-order valence-corrected chi connectivity index (χ3v) is 5.04. The van der Waals surface area contributed by atoms with Crippen LogP contribution in [-0.4, -0.2) is 21.3 Å². The first-order valence-electron chi connectivity index (χ1n) is 7.36. The lowest BCUT2D eigenvalue weighted by Crippen LogP contribution is -2.05. The van der Waals surface area contributed by atoms with E-state index in [-0.39, 0.29) is 0 Å². The molecule has 0 bridgehead atoms. The highest BCUT2D eigenvalue weighted by molar-refractivity contribution is 7.99. The topological polar surface area (TPSA) is 56.7 Å². The molecule has 0 radical (unpaired) electrons. The van der Waals surface area contributed by atoms with Crippen LogP contribution in [-0.2, 0) is 19.4 Å². The van der Waals surface area contributed by atoms with Crippen LogP contribution in [0.25, 0.3) is 0 Å². The van der Waals surface area contributed by atoms with E-state index in [9.17, 15) is 0 Å². The van der Waals surface area contributed by atoms with Crippen LogP contribution in [0.3, 0.4) is 0 Å². The van der Waals surface area contributed by atoms with Gasteiger partial charge in [-0.25, -0.2) is 0 Å². The number of nitrogens with two attached hydrogens (primary N) is 1. The third kappa shape index (κ3) is 3.42. The summed E-state index contributed by atoms with van der Waals surface area (Å²) in [6.07, 6.45) is 5.55. The Morgan fingerprint density at radius 1 is 1.24 bits per heavy atom.